The first-order chi connectivity index (χ1) is 6.17. The van der Waals surface area contributed by atoms with Crippen LogP contribution in [0.25, 0.3) is 0 Å². The Bertz CT molecular complexity index is 146. The maximum absolute atomic E-state index is 11.6. The second kappa shape index (κ2) is 7.19. The molecule has 0 aliphatic heterocycles. The lowest BCUT2D eigenvalue weighted by Crippen LogP contribution is -2.36. The standard InChI is InChI=1S/C10H20ClNO/c1-4-7-8-9(11)10(13)12(5-2)6-3/h9H,4-8H2,1-3H3. The first-order valence-corrected chi connectivity index (χ1v) is 5.53. The lowest BCUT2D eigenvalue weighted by Gasteiger charge is -2.21. The number of amides is 1. The Balaban J connectivity index is 3.92. The average Bonchev–Trinajstić information content (AvgIpc) is 2.15. The molecule has 0 radical (unpaired) electrons. The second-order valence-electron chi connectivity index (χ2n) is 3.12. The average molecular weight is 206 g/mol. The number of rotatable bonds is 6. The van der Waals surface area contributed by atoms with Crippen molar-refractivity contribution in [2.24, 2.45) is 0 Å². The van der Waals surface area contributed by atoms with Gasteiger partial charge >= 0.3 is 0 Å². The van der Waals surface area contributed by atoms with Crippen molar-refractivity contribution in [3.63, 3.8) is 0 Å². The molecule has 0 N–H and O–H groups in total. The molecule has 0 aliphatic rings. The van der Waals surface area contributed by atoms with Gasteiger partial charge in [-0.2, -0.15) is 0 Å². The summed E-state index contributed by atoms with van der Waals surface area (Å²) < 4.78 is 0. The van der Waals surface area contributed by atoms with E-state index in [2.05, 4.69) is 6.92 Å². The molecule has 0 aromatic carbocycles. The second-order valence-corrected chi connectivity index (χ2v) is 3.65. The van der Waals surface area contributed by atoms with Gasteiger partial charge in [0.15, 0.2) is 0 Å². The summed E-state index contributed by atoms with van der Waals surface area (Å²) in [5.74, 6) is 0.0834. The SMILES string of the molecule is CCCCC(Cl)C(=O)N(CC)CC. The lowest BCUT2D eigenvalue weighted by atomic mass is 10.2. The van der Waals surface area contributed by atoms with Crippen molar-refractivity contribution in [2.75, 3.05) is 13.1 Å². The Morgan fingerprint density at radius 3 is 2.23 bits per heavy atom. The maximum Gasteiger partial charge on any atom is 0.240 e. The molecule has 0 saturated carbocycles. The summed E-state index contributed by atoms with van der Waals surface area (Å²) in [6.07, 6.45) is 2.92. The van der Waals surface area contributed by atoms with Crippen molar-refractivity contribution in [1.29, 1.82) is 0 Å². The highest BCUT2D eigenvalue weighted by Gasteiger charge is 2.18. The predicted octanol–water partition coefficient (Wildman–Crippen LogP) is 2.65. The Morgan fingerprint density at radius 2 is 1.85 bits per heavy atom. The molecule has 1 unspecified atom stereocenters. The fraction of sp³-hybridized carbons (Fsp3) is 0.900. The van der Waals surface area contributed by atoms with Crippen LogP contribution in [0.3, 0.4) is 0 Å². The topological polar surface area (TPSA) is 20.3 Å². The summed E-state index contributed by atoms with van der Waals surface area (Å²) in [5.41, 5.74) is 0. The zero-order valence-corrected chi connectivity index (χ0v) is 9.60. The van der Waals surface area contributed by atoms with Crippen LogP contribution in [0, 0.1) is 0 Å². The van der Waals surface area contributed by atoms with E-state index in [1.807, 2.05) is 13.8 Å². The van der Waals surface area contributed by atoms with Gasteiger partial charge in [0.05, 0.1) is 0 Å². The summed E-state index contributed by atoms with van der Waals surface area (Å²) in [6, 6.07) is 0. The molecule has 0 bridgehead atoms. The quantitative estimate of drug-likeness (QED) is 0.611. The van der Waals surface area contributed by atoms with Crippen LogP contribution in [0.4, 0.5) is 0 Å². The zero-order chi connectivity index (χ0) is 10.3. The van der Waals surface area contributed by atoms with Crippen LogP contribution in [-0.2, 0) is 4.79 Å². The number of halogens is 1. The normalized spacial score (nSPS) is 12.6. The Labute approximate surface area is 86.2 Å². The van der Waals surface area contributed by atoms with Crippen molar-refractivity contribution in [1.82, 2.24) is 4.90 Å². The van der Waals surface area contributed by atoms with Gasteiger partial charge in [-0.1, -0.05) is 19.8 Å². The molecule has 0 rings (SSSR count). The molecule has 0 saturated heterocycles. The van der Waals surface area contributed by atoms with E-state index in [1.165, 1.54) is 0 Å². The molecule has 0 aromatic rings. The highest BCUT2D eigenvalue weighted by Crippen LogP contribution is 2.10. The minimum atomic E-state index is -0.320. The molecule has 3 heteroatoms. The van der Waals surface area contributed by atoms with E-state index in [9.17, 15) is 4.79 Å². The van der Waals surface area contributed by atoms with Crippen LogP contribution < -0.4 is 0 Å². The van der Waals surface area contributed by atoms with Gasteiger partial charge in [-0.3, -0.25) is 4.79 Å². The monoisotopic (exact) mass is 205 g/mol. The van der Waals surface area contributed by atoms with E-state index < -0.39 is 0 Å². The summed E-state index contributed by atoms with van der Waals surface area (Å²) in [5, 5.41) is -0.320. The molecular weight excluding hydrogens is 186 g/mol. The van der Waals surface area contributed by atoms with Crippen molar-refractivity contribution in [2.45, 2.75) is 45.4 Å². The van der Waals surface area contributed by atoms with E-state index in [0.29, 0.717) is 0 Å². The van der Waals surface area contributed by atoms with Gasteiger partial charge in [0.2, 0.25) is 5.91 Å². The van der Waals surface area contributed by atoms with E-state index in [0.717, 1.165) is 32.4 Å². The van der Waals surface area contributed by atoms with Gasteiger partial charge in [-0.05, 0) is 20.3 Å². The van der Waals surface area contributed by atoms with Crippen molar-refractivity contribution in [3.8, 4) is 0 Å². The van der Waals surface area contributed by atoms with E-state index in [1.54, 1.807) is 4.90 Å². The van der Waals surface area contributed by atoms with Gasteiger partial charge < -0.3 is 4.90 Å². The molecule has 0 aromatic heterocycles. The Morgan fingerprint density at radius 1 is 1.31 bits per heavy atom. The molecule has 0 spiro atoms. The maximum atomic E-state index is 11.6. The molecule has 13 heavy (non-hydrogen) atoms. The van der Waals surface area contributed by atoms with E-state index >= 15 is 0 Å². The molecular formula is C10H20ClNO. The van der Waals surface area contributed by atoms with Crippen molar-refractivity contribution >= 4 is 17.5 Å². The molecule has 78 valence electrons. The Kier molecular flexibility index (Phi) is 7.06. The third-order valence-electron chi connectivity index (χ3n) is 2.15. The number of alkyl halides is 1. The number of hydrogen-bond acceptors (Lipinski definition) is 1. The minimum absolute atomic E-state index is 0.0834. The first-order valence-electron chi connectivity index (χ1n) is 5.10. The lowest BCUT2D eigenvalue weighted by molar-refractivity contribution is -0.130. The van der Waals surface area contributed by atoms with Gasteiger partial charge in [-0.25, -0.2) is 0 Å². The summed E-state index contributed by atoms with van der Waals surface area (Å²) in [6.45, 7) is 7.57. The van der Waals surface area contributed by atoms with Crippen molar-refractivity contribution < 1.29 is 4.79 Å². The smallest absolute Gasteiger partial charge is 0.240 e. The summed E-state index contributed by atoms with van der Waals surface area (Å²) in [4.78, 5) is 13.4. The third-order valence-corrected chi connectivity index (χ3v) is 2.56. The van der Waals surface area contributed by atoms with Crippen LogP contribution in [-0.4, -0.2) is 29.3 Å². The molecule has 0 heterocycles. The van der Waals surface area contributed by atoms with E-state index in [4.69, 9.17) is 11.6 Å². The molecule has 1 atom stereocenters. The van der Waals surface area contributed by atoms with Gasteiger partial charge in [-0.15, -0.1) is 11.6 Å². The third kappa shape index (κ3) is 4.51. The fourth-order valence-corrected chi connectivity index (χ4v) is 1.53. The molecule has 0 fully saturated rings. The van der Waals surface area contributed by atoms with Gasteiger partial charge in [0.1, 0.15) is 5.38 Å². The highest BCUT2D eigenvalue weighted by atomic mass is 35.5. The number of nitrogens with zero attached hydrogens (tertiary/aromatic N) is 1. The number of carbonyl (C=O) groups is 1. The van der Waals surface area contributed by atoms with Crippen LogP contribution in [0.2, 0.25) is 0 Å². The van der Waals surface area contributed by atoms with Gasteiger partial charge in [0.25, 0.3) is 0 Å². The number of carbonyl (C=O) groups excluding carboxylic acids is 1. The molecule has 2 nitrogen and oxygen atoms in total. The van der Waals surface area contributed by atoms with Crippen LogP contribution in [0.1, 0.15) is 40.0 Å². The molecule has 1 amide bonds. The largest absolute Gasteiger partial charge is 0.342 e. The van der Waals surface area contributed by atoms with Crippen LogP contribution in [0.5, 0.6) is 0 Å². The van der Waals surface area contributed by atoms with Crippen LogP contribution >= 0.6 is 11.6 Å². The summed E-state index contributed by atoms with van der Waals surface area (Å²) >= 11 is 5.97. The summed E-state index contributed by atoms with van der Waals surface area (Å²) in [7, 11) is 0. The number of hydrogen-bond donors (Lipinski definition) is 0. The zero-order valence-electron chi connectivity index (χ0n) is 8.85. The molecule has 0 aliphatic carbocycles. The first kappa shape index (κ1) is 12.8. The predicted molar refractivity (Wildman–Crippen MR) is 57.1 cm³/mol. The Hall–Kier alpha value is -0.240. The van der Waals surface area contributed by atoms with Crippen LogP contribution in [0.15, 0.2) is 0 Å². The van der Waals surface area contributed by atoms with Crippen molar-refractivity contribution in [3.05, 3.63) is 0 Å². The highest BCUT2D eigenvalue weighted by molar-refractivity contribution is 6.30. The minimum Gasteiger partial charge on any atom is -0.342 e. The fourth-order valence-electron chi connectivity index (χ4n) is 1.24. The van der Waals surface area contributed by atoms with Gasteiger partial charge in [0, 0.05) is 13.1 Å². The van der Waals surface area contributed by atoms with E-state index in [-0.39, 0.29) is 11.3 Å². The number of unbranched alkanes of at least 4 members (excludes halogenated alkanes) is 1.